The van der Waals surface area contributed by atoms with Crippen molar-refractivity contribution < 1.29 is 9.90 Å². The standard InChI is InChI=1S/C13H24N2O2/c16-9-11-5-3-4-10(11)8-14-13(17)15-12-6-1-2-7-12/h10-12,16H,1-9H2,(H2,14,15,17). The van der Waals surface area contributed by atoms with Crippen molar-refractivity contribution in [2.45, 2.75) is 51.0 Å². The van der Waals surface area contributed by atoms with Gasteiger partial charge < -0.3 is 15.7 Å². The van der Waals surface area contributed by atoms with Crippen molar-refractivity contribution in [3.8, 4) is 0 Å². The third-order valence-electron chi connectivity index (χ3n) is 4.27. The van der Waals surface area contributed by atoms with Crippen molar-refractivity contribution in [1.82, 2.24) is 10.6 Å². The molecule has 0 bridgehead atoms. The number of amides is 2. The number of hydrogen-bond donors (Lipinski definition) is 3. The van der Waals surface area contributed by atoms with Crippen LogP contribution in [0.2, 0.25) is 0 Å². The Hall–Kier alpha value is -0.770. The topological polar surface area (TPSA) is 61.4 Å². The van der Waals surface area contributed by atoms with E-state index in [-0.39, 0.29) is 12.6 Å². The van der Waals surface area contributed by atoms with Crippen LogP contribution in [0.5, 0.6) is 0 Å². The highest BCUT2D eigenvalue weighted by molar-refractivity contribution is 5.74. The van der Waals surface area contributed by atoms with Crippen molar-refractivity contribution in [3.05, 3.63) is 0 Å². The van der Waals surface area contributed by atoms with E-state index in [4.69, 9.17) is 0 Å². The third-order valence-corrected chi connectivity index (χ3v) is 4.27. The van der Waals surface area contributed by atoms with Gasteiger partial charge in [0.2, 0.25) is 0 Å². The Kier molecular flexibility index (Phi) is 4.66. The van der Waals surface area contributed by atoms with E-state index in [1.165, 1.54) is 19.3 Å². The van der Waals surface area contributed by atoms with Crippen LogP contribution in [0.4, 0.5) is 4.79 Å². The summed E-state index contributed by atoms with van der Waals surface area (Å²) in [5.41, 5.74) is 0. The van der Waals surface area contributed by atoms with E-state index in [0.29, 0.717) is 24.4 Å². The van der Waals surface area contributed by atoms with Crippen LogP contribution < -0.4 is 10.6 Å². The van der Waals surface area contributed by atoms with Crippen molar-refractivity contribution in [2.24, 2.45) is 11.8 Å². The molecule has 0 spiro atoms. The molecule has 3 N–H and O–H groups in total. The number of aliphatic hydroxyl groups is 1. The fraction of sp³-hybridized carbons (Fsp3) is 0.923. The van der Waals surface area contributed by atoms with Gasteiger partial charge in [-0.1, -0.05) is 19.3 Å². The van der Waals surface area contributed by atoms with E-state index in [0.717, 1.165) is 25.7 Å². The van der Waals surface area contributed by atoms with Gasteiger partial charge in [-0.05, 0) is 37.5 Å². The second kappa shape index (κ2) is 6.24. The van der Waals surface area contributed by atoms with Gasteiger partial charge in [-0.2, -0.15) is 0 Å². The fourth-order valence-corrected chi connectivity index (χ4v) is 3.15. The average molecular weight is 240 g/mol. The molecule has 2 atom stereocenters. The number of carbonyl (C=O) groups excluding carboxylic acids is 1. The first-order chi connectivity index (χ1) is 8.29. The van der Waals surface area contributed by atoms with Gasteiger partial charge in [-0.3, -0.25) is 0 Å². The lowest BCUT2D eigenvalue weighted by atomic mass is 9.97. The molecular formula is C13H24N2O2. The zero-order chi connectivity index (χ0) is 12.1. The number of carbonyl (C=O) groups is 1. The molecule has 2 fully saturated rings. The Morgan fingerprint density at radius 2 is 1.76 bits per heavy atom. The number of aliphatic hydroxyl groups excluding tert-OH is 1. The molecule has 98 valence electrons. The monoisotopic (exact) mass is 240 g/mol. The predicted molar refractivity (Wildman–Crippen MR) is 66.7 cm³/mol. The molecule has 0 radical (unpaired) electrons. The maximum atomic E-state index is 11.7. The van der Waals surface area contributed by atoms with Crippen LogP contribution >= 0.6 is 0 Å². The van der Waals surface area contributed by atoms with Gasteiger partial charge in [0, 0.05) is 19.2 Å². The molecule has 0 aromatic carbocycles. The quantitative estimate of drug-likeness (QED) is 0.699. The summed E-state index contributed by atoms with van der Waals surface area (Å²) < 4.78 is 0. The lowest BCUT2D eigenvalue weighted by Gasteiger charge is -2.19. The summed E-state index contributed by atoms with van der Waals surface area (Å²) in [5, 5.41) is 15.2. The minimum Gasteiger partial charge on any atom is -0.396 e. The molecule has 0 aromatic rings. The number of urea groups is 1. The summed E-state index contributed by atoms with van der Waals surface area (Å²) >= 11 is 0. The molecule has 4 nitrogen and oxygen atoms in total. The van der Waals surface area contributed by atoms with Gasteiger partial charge in [-0.15, -0.1) is 0 Å². The molecule has 2 aliphatic carbocycles. The number of nitrogens with one attached hydrogen (secondary N) is 2. The highest BCUT2D eigenvalue weighted by Crippen LogP contribution is 2.30. The Morgan fingerprint density at radius 3 is 2.47 bits per heavy atom. The SMILES string of the molecule is O=C(NCC1CCCC1CO)NC1CCCC1. The fourth-order valence-electron chi connectivity index (χ4n) is 3.15. The molecule has 0 aromatic heterocycles. The molecule has 0 saturated heterocycles. The zero-order valence-electron chi connectivity index (χ0n) is 10.5. The van der Waals surface area contributed by atoms with Crippen molar-refractivity contribution >= 4 is 6.03 Å². The molecule has 2 rings (SSSR count). The molecule has 2 saturated carbocycles. The highest BCUT2D eigenvalue weighted by atomic mass is 16.3. The van der Waals surface area contributed by atoms with Gasteiger partial charge in [0.15, 0.2) is 0 Å². The maximum Gasteiger partial charge on any atom is 0.315 e. The molecule has 2 aliphatic rings. The first-order valence-corrected chi connectivity index (χ1v) is 6.95. The maximum absolute atomic E-state index is 11.7. The largest absolute Gasteiger partial charge is 0.396 e. The number of hydrogen-bond acceptors (Lipinski definition) is 2. The van der Waals surface area contributed by atoms with Crippen LogP contribution in [0.1, 0.15) is 44.9 Å². The first-order valence-electron chi connectivity index (χ1n) is 6.95. The summed E-state index contributed by atoms with van der Waals surface area (Å²) in [7, 11) is 0. The molecule has 2 amide bonds. The van der Waals surface area contributed by atoms with Gasteiger partial charge >= 0.3 is 6.03 Å². The first kappa shape index (κ1) is 12.7. The molecule has 0 heterocycles. The van der Waals surface area contributed by atoms with Gasteiger partial charge in [0.25, 0.3) is 0 Å². The second-order valence-electron chi connectivity index (χ2n) is 5.47. The summed E-state index contributed by atoms with van der Waals surface area (Å²) in [6.07, 6.45) is 8.14. The van der Waals surface area contributed by atoms with E-state index >= 15 is 0 Å². The predicted octanol–water partition coefficient (Wildman–Crippen LogP) is 1.64. The Labute approximate surface area is 103 Å². The second-order valence-corrected chi connectivity index (χ2v) is 5.47. The molecular weight excluding hydrogens is 216 g/mol. The average Bonchev–Trinajstić information content (AvgIpc) is 2.96. The van der Waals surface area contributed by atoms with E-state index in [2.05, 4.69) is 10.6 Å². The third kappa shape index (κ3) is 3.60. The summed E-state index contributed by atoms with van der Waals surface area (Å²) in [6.45, 7) is 0.973. The van der Waals surface area contributed by atoms with E-state index < -0.39 is 0 Å². The van der Waals surface area contributed by atoms with Gasteiger partial charge in [-0.25, -0.2) is 4.79 Å². The Bertz CT molecular complexity index is 252. The highest BCUT2D eigenvalue weighted by Gasteiger charge is 2.27. The van der Waals surface area contributed by atoms with Gasteiger partial charge in [0.1, 0.15) is 0 Å². The smallest absolute Gasteiger partial charge is 0.315 e. The van der Waals surface area contributed by atoms with Crippen molar-refractivity contribution in [3.63, 3.8) is 0 Å². The van der Waals surface area contributed by atoms with Crippen LogP contribution in [0, 0.1) is 11.8 Å². The van der Waals surface area contributed by atoms with Crippen LogP contribution in [0.15, 0.2) is 0 Å². The lowest BCUT2D eigenvalue weighted by molar-refractivity contribution is 0.190. The zero-order valence-corrected chi connectivity index (χ0v) is 10.5. The molecule has 2 unspecified atom stereocenters. The van der Waals surface area contributed by atoms with Crippen LogP contribution in [0.25, 0.3) is 0 Å². The Morgan fingerprint density at radius 1 is 1.06 bits per heavy atom. The molecule has 4 heteroatoms. The molecule has 17 heavy (non-hydrogen) atoms. The van der Waals surface area contributed by atoms with Crippen LogP contribution in [-0.2, 0) is 0 Å². The Balaban J connectivity index is 1.65. The summed E-state index contributed by atoms with van der Waals surface area (Å²) in [6, 6.07) is 0.354. The van der Waals surface area contributed by atoms with Crippen LogP contribution in [0.3, 0.4) is 0 Å². The molecule has 0 aliphatic heterocycles. The minimum atomic E-state index is -0.0273. The number of rotatable bonds is 4. The summed E-state index contributed by atoms with van der Waals surface area (Å²) in [4.78, 5) is 11.7. The minimum absolute atomic E-state index is 0.0273. The van der Waals surface area contributed by atoms with E-state index in [9.17, 15) is 9.90 Å². The van der Waals surface area contributed by atoms with E-state index in [1.54, 1.807) is 0 Å². The van der Waals surface area contributed by atoms with Crippen LogP contribution in [-0.4, -0.2) is 30.3 Å². The lowest BCUT2D eigenvalue weighted by Crippen LogP contribution is -2.43. The van der Waals surface area contributed by atoms with Crippen molar-refractivity contribution in [1.29, 1.82) is 0 Å². The normalized spacial score (nSPS) is 29.5. The van der Waals surface area contributed by atoms with Crippen molar-refractivity contribution in [2.75, 3.05) is 13.2 Å². The summed E-state index contributed by atoms with van der Waals surface area (Å²) in [5.74, 6) is 0.858. The van der Waals surface area contributed by atoms with Gasteiger partial charge in [0.05, 0.1) is 0 Å². The van der Waals surface area contributed by atoms with E-state index in [1.807, 2.05) is 0 Å².